The summed E-state index contributed by atoms with van der Waals surface area (Å²) in [5, 5.41) is 13.7. The second kappa shape index (κ2) is 7.44. The van der Waals surface area contributed by atoms with Crippen LogP contribution in [0.5, 0.6) is 0 Å². The summed E-state index contributed by atoms with van der Waals surface area (Å²) in [6.07, 6.45) is 4.80. The van der Waals surface area contributed by atoms with Crippen LogP contribution in [0, 0.1) is 11.3 Å². The summed E-state index contributed by atoms with van der Waals surface area (Å²) in [7, 11) is 0. The Labute approximate surface area is 166 Å². The molecule has 1 aliphatic rings. The average Bonchev–Trinajstić information content (AvgIpc) is 3.37. The number of nitrogens with one attached hydrogen (secondary N) is 1. The Morgan fingerprint density at radius 2 is 2.29 bits per heavy atom. The summed E-state index contributed by atoms with van der Waals surface area (Å²) in [4.78, 5) is 26.2. The highest BCUT2D eigenvalue weighted by molar-refractivity contribution is 6.30. The monoisotopic (exact) mass is 396 g/mol. The molecule has 1 aliphatic heterocycles. The maximum Gasteiger partial charge on any atom is 0.274 e. The van der Waals surface area contributed by atoms with Gasteiger partial charge in [-0.15, -0.1) is 0 Å². The van der Waals surface area contributed by atoms with Crippen LogP contribution in [0.3, 0.4) is 0 Å². The van der Waals surface area contributed by atoms with Gasteiger partial charge in [0.15, 0.2) is 5.82 Å². The standard InChI is InChI=1S/C19H17ClN6O2/c1-11-2-3-13(17-24-18(28-25-17)16-7-14(20)9-23-16)10-26(11)19(27)12-4-5-22-15(6-12)8-21/h4-7,9,11,13,23H,2-3,10H2,1H3. The Bertz CT molecular complexity index is 1050. The number of hydrogen-bond acceptors (Lipinski definition) is 6. The Balaban J connectivity index is 1.54. The second-order valence-electron chi connectivity index (χ2n) is 6.81. The van der Waals surface area contributed by atoms with Gasteiger partial charge >= 0.3 is 0 Å². The zero-order valence-corrected chi connectivity index (χ0v) is 15.8. The van der Waals surface area contributed by atoms with E-state index in [-0.39, 0.29) is 23.6 Å². The van der Waals surface area contributed by atoms with Crippen molar-refractivity contribution in [1.29, 1.82) is 5.26 Å². The molecule has 1 amide bonds. The van der Waals surface area contributed by atoms with Crippen molar-refractivity contribution in [3.63, 3.8) is 0 Å². The lowest BCUT2D eigenvalue weighted by molar-refractivity contribution is 0.0604. The highest BCUT2D eigenvalue weighted by Crippen LogP contribution is 2.31. The minimum absolute atomic E-state index is 0.0274. The lowest BCUT2D eigenvalue weighted by atomic mass is 9.92. The molecule has 1 N–H and O–H groups in total. The number of aromatic amines is 1. The Morgan fingerprint density at radius 3 is 3.04 bits per heavy atom. The van der Waals surface area contributed by atoms with Gasteiger partial charge in [0, 0.05) is 36.5 Å². The first-order valence-corrected chi connectivity index (χ1v) is 9.28. The highest BCUT2D eigenvalue weighted by atomic mass is 35.5. The molecule has 0 spiro atoms. The fraction of sp³-hybridized carbons (Fsp3) is 0.316. The van der Waals surface area contributed by atoms with Crippen molar-refractivity contribution in [2.24, 2.45) is 0 Å². The molecule has 9 heteroatoms. The molecule has 142 valence electrons. The van der Waals surface area contributed by atoms with Gasteiger partial charge in [0.25, 0.3) is 11.8 Å². The molecule has 2 atom stereocenters. The van der Waals surface area contributed by atoms with Crippen LogP contribution in [0.2, 0.25) is 5.02 Å². The molecule has 1 fully saturated rings. The zero-order valence-electron chi connectivity index (χ0n) is 15.1. The van der Waals surface area contributed by atoms with Crippen molar-refractivity contribution in [3.8, 4) is 17.7 Å². The van der Waals surface area contributed by atoms with E-state index in [4.69, 9.17) is 21.4 Å². The number of nitriles is 1. The van der Waals surface area contributed by atoms with Gasteiger partial charge in [-0.25, -0.2) is 4.98 Å². The molecule has 2 unspecified atom stereocenters. The van der Waals surface area contributed by atoms with E-state index >= 15 is 0 Å². The molecule has 1 saturated heterocycles. The fourth-order valence-electron chi connectivity index (χ4n) is 3.39. The molecule has 4 heterocycles. The number of hydrogen-bond donors (Lipinski definition) is 1. The van der Waals surface area contributed by atoms with Gasteiger partial charge in [-0.2, -0.15) is 10.2 Å². The van der Waals surface area contributed by atoms with Crippen molar-refractivity contribution in [3.05, 3.63) is 52.7 Å². The number of pyridine rings is 1. The van der Waals surface area contributed by atoms with Gasteiger partial charge in [-0.3, -0.25) is 4.79 Å². The van der Waals surface area contributed by atoms with E-state index in [1.54, 1.807) is 23.2 Å². The van der Waals surface area contributed by atoms with Gasteiger partial charge in [0.05, 0.1) is 5.02 Å². The third kappa shape index (κ3) is 3.49. The van der Waals surface area contributed by atoms with Gasteiger partial charge in [-0.1, -0.05) is 16.8 Å². The molecule has 4 rings (SSSR count). The molecule has 0 radical (unpaired) electrons. The van der Waals surface area contributed by atoms with Crippen LogP contribution in [0.1, 0.15) is 47.6 Å². The molecule has 0 aliphatic carbocycles. The Kier molecular flexibility index (Phi) is 4.84. The maximum absolute atomic E-state index is 13.0. The molecule has 0 aromatic carbocycles. The van der Waals surface area contributed by atoms with Crippen LogP contribution >= 0.6 is 11.6 Å². The van der Waals surface area contributed by atoms with E-state index < -0.39 is 0 Å². The van der Waals surface area contributed by atoms with Crippen LogP contribution in [0.25, 0.3) is 11.6 Å². The minimum atomic E-state index is -0.129. The van der Waals surface area contributed by atoms with E-state index in [0.717, 1.165) is 12.8 Å². The molecule has 8 nitrogen and oxygen atoms in total. The third-order valence-corrected chi connectivity index (χ3v) is 5.17. The number of carbonyl (C=O) groups is 1. The Hall–Kier alpha value is -3.18. The van der Waals surface area contributed by atoms with Crippen molar-refractivity contribution >= 4 is 17.5 Å². The smallest absolute Gasteiger partial charge is 0.274 e. The van der Waals surface area contributed by atoms with Crippen LogP contribution in [-0.4, -0.2) is 43.5 Å². The van der Waals surface area contributed by atoms with E-state index in [2.05, 4.69) is 20.1 Å². The summed E-state index contributed by atoms with van der Waals surface area (Å²) < 4.78 is 5.36. The molecular weight excluding hydrogens is 380 g/mol. The third-order valence-electron chi connectivity index (χ3n) is 4.95. The van der Waals surface area contributed by atoms with Gasteiger partial charge in [0.1, 0.15) is 17.5 Å². The molecule has 3 aromatic rings. The normalized spacial score (nSPS) is 19.4. The number of likely N-dealkylation sites (tertiary alicyclic amines) is 1. The van der Waals surface area contributed by atoms with E-state index in [9.17, 15) is 4.79 Å². The number of halogens is 1. The quantitative estimate of drug-likeness (QED) is 0.726. The molecule has 0 saturated carbocycles. The molecule has 0 bridgehead atoms. The lowest BCUT2D eigenvalue weighted by Gasteiger charge is -2.37. The zero-order chi connectivity index (χ0) is 19.7. The predicted octanol–water partition coefficient (Wildman–Crippen LogP) is 3.39. The number of aromatic nitrogens is 4. The number of nitrogens with zero attached hydrogens (tertiary/aromatic N) is 5. The summed E-state index contributed by atoms with van der Waals surface area (Å²) >= 11 is 5.93. The van der Waals surface area contributed by atoms with Crippen LogP contribution < -0.4 is 0 Å². The van der Waals surface area contributed by atoms with Crippen LogP contribution in [0.4, 0.5) is 0 Å². The summed E-state index contributed by atoms with van der Waals surface area (Å²) in [6.45, 7) is 2.50. The average molecular weight is 397 g/mol. The Morgan fingerprint density at radius 1 is 1.43 bits per heavy atom. The number of rotatable bonds is 3. The fourth-order valence-corrected chi connectivity index (χ4v) is 3.56. The van der Waals surface area contributed by atoms with Crippen molar-refractivity contribution in [1.82, 2.24) is 25.0 Å². The van der Waals surface area contributed by atoms with Gasteiger partial charge < -0.3 is 14.4 Å². The second-order valence-corrected chi connectivity index (χ2v) is 7.25. The van der Waals surface area contributed by atoms with Crippen molar-refractivity contribution < 1.29 is 9.32 Å². The van der Waals surface area contributed by atoms with Crippen molar-refractivity contribution in [2.45, 2.75) is 31.7 Å². The molecule has 3 aromatic heterocycles. The first kappa shape index (κ1) is 18.2. The topological polar surface area (TPSA) is 112 Å². The largest absolute Gasteiger partial charge is 0.356 e. The molecule has 28 heavy (non-hydrogen) atoms. The SMILES string of the molecule is CC1CCC(c2noc(-c3cc(Cl)c[nH]3)n2)CN1C(=O)c1ccnc(C#N)c1. The number of amides is 1. The first-order chi connectivity index (χ1) is 13.5. The number of carbonyl (C=O) groups excluding carboxylic acids is 1. The minimum Gasteiger partial charge on any atom is -0.356 e. The number of H-pyrrole nitrogens is 1. The lowest BCUT2D eigenvalue weighted by Crippen LogP contribution is -2.45. The summed E-state index contributed by atoms with van der Waals surface area (Å²) in [6, 6.07) is 6.90. The van der Waals surface area contributed by atoms with Gasteiger partial charge in [0.2, 0.25) is 0 Å². The maximum atomic E-state index is 13.0. The van der Waals surface area contributed by atoms with Gasteiger partial charge in [-0.05, 0) is 38.0 Å². The predicted molar refractivity (Wildman–Crippen MR) is 101 cm³/mol. The van der Waals surface area contributed by atoms with Crippen LogP contribution in [-0.2, 0) is 0 Å². The summed E-state index contributed by atoms with van der Waals surface area (Å²) in [5.74, 6) is 0.778. The highest BCUT2D eigenvalue weighted by Gasteiger charge is 2.33. The first-order valence-electron chi connectivity index (χ1n) is 8.90. The van der Waals surface area contributed by atoms with Crippen LogP contribution in [0.15, 0.2) is 35.1 Å². The van der Waals surface area contributed by atoms with E-state index in [1.165, 1.54) is 12.3 Å². The number of piperidine rings is 1. The molecular formula is C19H17ClN6O2. The van der Waals surface area contributed by atoms with E-state index in [0.29, 0.717) is 34.5 Å². The van der Waals surface area contributed by atoms with Crippen molar-refractivity contribution in [2.75, 3.05) is 6.54 Å². The van der Waals surface area contributed by atoms with E-state index in [1.807, 2.05) is 13.0 Å². The summed E-state index contributed by atoms with van der Waals surface area (Å²) in [5.41, 5.74) is 1.33.